The first-order valence-electron chi connectivity index (χ1n) is 13.8. The summed E-state index contributed by atoms with van der Waals surface area (Å²) in [5.74, 6) is -0.825. The number of aromatic nitrogens is 2. The standard InChI is InChI=1S/C31H35N5O3S/c1-18(2)28(30-33-15-25(35-30)23-6-5-11-32-14-23)31(39)36-16-24(37)13-26(36)27(38)12-19(3)21-7-9-22(10-8-21)29-20(4)34-17-40-29/h5-11,14-15,17-19,24,26,28,30,37H,12-13,16H2,1-4H3/t19-,24-,26+,28-,30?/m1/s1. The van der Waals surface area contributed by atoms with E-state index in [0.717, 1.165) is 27.3 Å². The lowest BCUT2D eigenvalue weighted by molar-refractivity contribution is -0.143. The van der Waals surface area contributed by atoms with Crippen LogP contribution in [0, 0.1) is 18.8 Å². The second-order valence-corrected chi connectivity index (χ2v) is 11.9. The largest absolute Gasteiger partial charge is 0.391 e. The molecule has 0 saturated carbocycles. The lowest BCUT2D eigenvalue weighted by Gasteiger charge is -2.31. The van der Waals surface area contributed by atoms with E-state index in [-0.39, 0.29) is 42.9 Å². The summed E-state index contributed by atoms with van der Waals surface area (Å²) >= 11 is 1.61. The number of β-amino-alcohol motifs (C(OH)–C–C–N with tert-alkyl or cyclic N) is 1. The number of Topliss-reactive ketones (excluding diaryl/α,β-unsaturated/α-hetero) is 1. The molecule has 40 heavy (non-hydrogen) atoms. The molecule has 8 nitrogen and oxygen atoms in total. The number of aliphatic hydroxyl groups is 1. The second kappa shape index (κ2) is 11.9. The smallest absolute Gasteiger partial charge is 0.230 e. The molecule has 208 valence electrons. The zero-order valence-corrected chi connectivity index (χ0v) is 24.1. The first kappa shape index (κ1) is 28.0. The van der Waals surface area contributed by atoms with Crippen LogP contribution in [0.25, 0.3) is 10.4 Å². The highest BCUT2D eigenvalue weighted by Crippen LogP contribution is 2.32. The lowest BCUT2D eigenvalue weighted by atomic mass is 9.89. The van der Waals surface area contributed by atoms with Crippen molar-refractivity contribution >= 4 is 35.0 Å². The molecule has 3 aromatic rings. The van der Waals surface area contributed by atoms with E-state index in [1.807, 2.05) is 45.3 Å². The van der Waals surface area contributed by atoms with E-state index in [0.29, 0.717) is 5.71 Å². The lowest BCUT2D eigenvalue weighted by Crippen LogP contribution is -2.47. The van der Waals surface area contributed by atoms with Crippen molar-refractivity contribution in [1.82, 2.24) is 14.9 Å². The maximum Gasteiger partial charge on any atom is 0.230 e. The van der Waals surface area contributed by atoms with Gasteiger partial charge in [-0.1, -0.05) is 45.0 Å². The van der Waals surface area contributed by atoms with Crippen molar-refractivity contribution in [2.24, 2.45) is 21.8 Å². The number of aryl methyl sites for hydroxylation is 1. The molecule has 0 spiro atoms. The van der Waals surface area contributed by atoms with Gasteiger partial charge in [0.15, 0.2) is 11.9 Å². The van der Waals surface area contributed by atoms with Gasteiger partial charge in [0, 0.05) is 43.6 Å². The van der Waals surface area contributed by atoms with E-state index in [4.69, 9.17) is 4.99 Å². The molecule has 5 rings (SSSR count). The van der Waals surface area contributed by atoms with E-state index in [9.17, 15) is 14.7 Å². The number of carbonyl (C=O) groups is 2. The number of nitrogens with zero attached hydrogens (tertiary/aromatic N) is 5. The fraction of sp³-hybridized carbons (Fsp3) is 0.419. The monoisotopic (exact) mass is 557 g/mol. The molecule has 1 saturated heterocycles. The van der Waals surface area contributed by atoms with Crippen molar-refractivity contribution in [3.8, 4) is 10.4 Å². The molecule has 1 unspecified atom stereocenters. The Hall–Kier alpha value is -3.56. The summed E-state index contributed by atoms with van der Waals surface area (Å²) < 4.78 is 0. The average Bonchev–Trinajstić information content (AvgIpc) is 3.69. The van der Waals surface area contributed by atoms with Gasteiger partial charge in [0.1, 0.15) is 0 Å². The Labute approximate surface area is 238 Å². The minimum Gasteiger partial charge on any atom is -0.391 e. The molecule has 1 aromatic carbocycles. The molecule has 0 radical (unpaired) electrons. The number of rotatable bonds is 9. The first-order chi connectivity index (χ1) is 19.2. The molecule has 9 heteroatoms. The number of carbonyl (C=O) groups excluding carboxylic acids is 2. The van der Waals surface area contributed by atoms with Crippen molar-refractivity contribution in [2.45, 2.75) is 64.8 Å². The molecule has 0 bridgehead atoms. The molecular weight excluding hydrogens is 522 g/mol. The fourth-order valence-corrected chi connectivity index (χ4v) is 6.41. The quantitative estimate of drug-likeness (QED) is 0.410. The van der Waals surface area contributed by atoms with Crippen molar-refractivity contribution in [1.29, 1.82) is 0 Å². The molecule has 1 amide bonds. The number of aliphatic imine (C=N–C) groups is 2. The summed E-state index contributed by atoms with van der Waals surface area (Å²) in [6.07, 6.45) is 4.35. The zero-order valence-electron chi connectivity index (χ0n) is 23.3. The number of thiazole rings is 1. The Morgan fingerprint density at radius 3 is 2.55 bits per heavy atom. The van der Waals surface area contributed by atoms with Crippen LogP contribution in [0.5, 0.6) is 0 Å². The minimum absolute atomic E-state index is 0.0224. The minimum atomic E-state index is -0.732. The number of ketones is 1. The predicted molar refractivity (Wildman–Crippen MR) is 158 cm³/mol. The van der Waals surface area contributed by atoms with Gasteiger partial charge in [-0.05, 0) is 42.0 Å². The molecule has 2 aliphatic rings. The Bertz CT molecular complexity index is 1420. The van der Waals surface area contributed by atoms with Crippen LogP contribution in [-0.2, 0) is 9.59 Å². The van der Waals surface area contributed by atoms with Gasteiger partial charge in [-0.2, -0.15) is 0 Å². The molecule has 1 fully saturated rings. The average molecular weight is 558 g/mol. The Morgan fingerprint density at radius 2 is 1.90 bits per heavy atom. The van der Waals surface area contributed by atoms with Gasteiger partial charge in [-0.15, -0.1) is 11.3 Å². The SMILES string of the molecule is Cc1ncsc1-c1ccc([C@H](C)CC(=O)[C@@H]2C[C@@H](O)CN2C(=O)[C@H](C(C)C)C2N=CC(c3cccnc3)=N2)cc1. The third-order valence-electron chi connectivity index (χ3n) is 7.83. The highest BCUT2D eigenvalue weighted by atomic mass is 32.1. The summed E-state index contributed by atoms with van der Waals surface area (Å²) in [7, 11) is 0. The van der Waals surface area contributed by atoms with E-state index >= 15 is 0 Å². The first-order valence-corrected chi connectivity index (χ1v) is 14.6. The van der Waals surface area contributed by atoms with Crippen LogP contribution < -0.4 is 0 Å². The summed E-state index contributed by atoms with van der Waals surface area (Å²) in [6.45, 7) is 8.11. The molecule has 5 atom stereocenters. The third kappa shape index (κ3) is 5.81. The van der Waals surface area contributed by atoms with Gasteiger partial charge >= 0.3 is 0 Å². The Kier molecular flexibility index (Phi) is 8.32. The Balaban J connectivity index is 1.29. The van der Waals surface area contributed by atoms with Crippen LogP contribution in [0.4, 0.5) is 0 Å². The van der Waals surface area contributed by atoms with E-state index < -0.39 is 24.2 Å². The van der Waals surface area contributed by atoms with Crippen molar-refractivity contribution in [3.63, 3.8) is 0 Å². The van der Waals surface area contributed by atoms with E-state index in [2.05, 4.69) is 39.2 Å². The highest BCUT2D eigenvalue weighted by molar-refractivity contribution is 7.13. The van der Waals surface area contributed by atoms with Crippen molar-refractivity contribution < 1.29 is 14.7 Å². The summed E-state index contributed by atoms with van der Waals surface area (Å²) in [6, 6.07) is 11.4. The third-order valence-corrected chi connectivity index (χ3v) is 8.81. The van der Waals surface area contributed by atoms with Gasteiger partial charge in [0.25, 0.3) is 0 Å². The van der Waals surface area contributed by atoms with Crippen LogP contribution in [0.15, 0.2) is 64.3 Å². The van der Waals surface area contributed by atoms with Crippen LogP contribution in [0.2, 0.25) is 0 Å². The highest BCUT2D eigenvalue weighted by Gasteiger charge is 2.44. The van der Waals surface area contributed by atoms with Gasteiger partial charge in [0.2, 0.25) is 5.91 Å². The number of benzene rings is 1. The number of hydrogen-bond donors (Lipinski definition) is 1. The van der Waals surface area contributed by atoms with Crippen LogP contribution in [0.1, 0.15) is 56.4 Å². The molecule has 2 aromatic heterocycles. The summed E-state index contributed by atoms with van der Waals surface area (Å²) in [5, 5.41) is 10.5. The van der Waals surface area contributed by atoms with Crippen molar-refractivity contribution in [3.05, 3.63) is 71.1 Å². The molecule has 2 aliphatic heterocycles. The van der Waals surface area contributed by atoms with Gasteiger partial charge in [-0.25, -0.2) is 4.98 Å². The molecule has 4 heterocycles. The summed E-state index contributed by atoms with van der Waals surface area (Å²) in [5.41, 5.74) is 6.56. The maximum absolute atomic E-state index is 13.9. The van der Waals surface area contributed by atoms with Gasteiger partial charge in [-0.3, -0.25) is 24.6 Å². The fourth-order valence-electron chi connectivity index (χ4n) is 5.60. The molecule has 1 N–H and O–H groups in total. The zero-order chi connectivity index (χ0) is 28.4. The number of likely N-dealkylation sites (tertiary alicyclic amines) is 1. The van der Waals surface area contributed by atoms with Crippen LogP contribution >= 0.6 is 11.3 Å². The predicted octanol–water partition coefficient (Wildman–Crippen LogP) is 4.71. The molecular formula is C31H35N5O3S. The molecule has 0 aliphatic carbocycles. The second-order valence-electron chi connectivity index (χ2n) is 11.1. The van der Waals surface area contributed by atoms with Gasteiger partial charge in [0.05, 0.1) is 39.9 Å². The van der Waals surface area contributed by atoms with Gasteiger partial charge < -0.3 is 10.0 Å². The number of pyridine rings is 1. The van der Waals surface area contributed by atoms with Crippen molar-refractivity contribution in [2.75, 3.05) is 6.54 Å². The number of hydrogen-bond acceptors (Lipinski definition) is 8. The number of aliphatic hydroxyl groups excluding tert-OH is 1. The Morgan fingerprint density at radius 1 is 1.12 bits per heavy atom. The number of amides is 1. The van der Waals surface area contributed by atoms with Crippen LogP contribution in [-0.4, -0.2) is 68.4 Å². The van der Waals surface area contributed by atoms with E-state index in [1.165, 1.54) is 0 Å². The summed E-state index contributed by atoms with van der Waals surface area (Å²) in [4.78, 5) is 48.0. The van der Waals surface area contributed by atoms with E-state index in [1.54, 1.807) is 34.8 Å². The normalized spacial score (nSPS) is 22.0. The van der Waals surface area contributed by atoms with Crippen LogP contribution in [0.3, 0.4) is 0 Å². The maximum atomic E-state index is 13.9. The topological polar surface area (TPSA) is 108 Å².